The van der Waals surface area contributed by atoms with E-state index in [9.17, 15) is 23.4 Å². The van der Waals surface area contributed by atoms with Crippen molar-refractivity contribution >= 4 is 0 Å². The molecular weight excluding hydrogens is 435 g/mol. The lowest BCUT2D eigenvalue weighted by molar-refractivity contribution is -0.188. The summed E-state index contributed by atoms with van der Waals surface area (Å²) in [6.45, 7) is 2.49. The Morgan fingerprint density at radius 3 is 2.24 bits per heavy atom. The highest BCUT2D eigenvalue weighted by molar-refractivity contribution is 5.39. The summed E-state index contributed by atoms with van der Waals surface area (Å²) in [5.41, 5.74) is 5.70. The number of nitrogens with two attached hydrogens (primary N) is 1. The molecule has 0 aromatic heterocycles. The highest BCUT2D eigenvalue weighted by Crippen LogP contribution is 2.37. The maximum atomic E-state index is 13.6. The summed E-state index contributed by atoms with van der Waals surface area (Å²) in [4.78, 5) is 0. The molecule has 1 unspecified atom stereocenters. The van der Waals surface area contributed by atoms with Gasteiger partial charge < -0.3 is 25.4 Å². The maximum absolute atomic E-state index is 13.6. The van der Waals surface area contributed by atoms with Crippen LogP contribution in [0.2, 0.25) is 0 Å². The number of unbranched alkanes of at least 4 members (excludes halogenated alkanes) is 1. The third kappa shape index (κ3) is 9.71. The fourth-order valence-electron chi connectivity index (χ4n) is 3.25. The lowest BCUT2D eigenvalue weighted by atomic mass is 9.93. The van der Waals surface area contributed by atoms with Gasteiger partial charge in [-0.3, -0.25) is 0 Å². The predicted molar refractivity (Wildman–Crippen MR) is 121 cm³/mol. The first-order valence-electron chi connectivity index (χ1n) is 11.0. The van der Waals surface area contributed by atoms with E-state index in [-0.39, 0.29) is 31.8 Å². The van der Waals surface area contributed by atoms with Crippen molar-refractivity contribution in [1.82, 2.24) is 0 Å². The second kappa shape index (κ2) is 11.8. The van der Waals surface area contributed by atoms with E-state index in [0.717, 1.165) is 18.9 Å². The minimum atomic E-state index is -4.56. The fourth-order valence-corrected chi connectivity index (χ4v) is 3.25. The molecule has 0 bridgehead atoms. The molecule has 2 rings (SSSR count). The third-order valence-corrected chi connectivity index (χ3v) is 5.25. The lowest BCUT2D eigenvalue weighted by Crippen LogP contribution is -2.50. The first-order chi connectivity index (χ1) is 15.4. The number of aliphatic hydroxyl groups is 2. The van der Waals surface area contributed by atoms with Crippen LogP contribution in [-0.2, 0) is 23.8 Å². The molecule has 0 aliphatic heterocycles. The first kappa shape index (κ1) is 27.1. The van der Waals surface area contributed by atoms with Crippen LogP contribution >= 0.6 is 0 Å². The number of rotatable bonds is 13. The molecular formula is C25H34F3NO4. The van der Waals surface area contributed by atoms with Gasteiger partial charge in [0.1, 0.15) is 5.75 Å². The average Bonchev–Trinajstić information content (AvgIpc) is 2.76. The van der Waals surface area contributed by atoms with Crippen LogP contribution in [-0.4, -0.2) is 41.4 Å². The van der Waals surface area contributed by atoms with Crippen molar-refractivity contribution in [2.24, 2.45) is 5.73 Å². The van der Waals surface area contributed by atoms with Gasteiger partial charge in [0.15, 0.2) is 5.79 Å². The number of hydrogen-bond donors (Lipinski definition) is 3. The zero-order chi connectivity index (χ0) is 24.5. The molecule has 0 saturated heterocycles. The maximum Gasteiger partial charge on any atom is 0.419 e. The number of alkyl halides is 3. The quantitative estimate of drug-likeness (QED) is 0.298. The van der Waals surface area contributed by atoms with Crippen molar-refractivity contribution in [3.8, 4) is 5.75 Å². The molecule has 0 radical (unpaired) electrons. The van der Waals surface area contributed by atoms with E-state index in [0.29, 0.717) is 12.0 Å². The molecule has 8 heteroatoms. The van der Waals surface area contributed by atoms with E-state index >= 15 is 0 Å². The standard InChI is InChI=1S/C25H34F3NO4/c1-23(2,31)33-18-24(29,17-30)14-13-20-11-12-22(21(16-20)25(26,27)28)32-15-7-6-10-19-8-4-3-5-9-19/h3-5,8-9,11-12,16,30-31H,6-7,10,13-15,17-18,29H2,1-2H3. The van der Waals surface area contributed by atoms with E-state index in [4.69, 9.17) is 15.2 Å². The van der Waals surface area contributed by atoms with E-state index in [2.05, 4.69) is 0 Å². The normalized spacial score (nSPS) is 14.2. The number of ether oxygens (including phenoxy) is 2. The minimum Gasteiger partial charge on any atom is -0.493 e. The van der Waals surface area contributed by atoms with Crippen LogP contribution in [0, 0.1) is 0 Å². The molecule has 0 aliphatic rings. The fraction of sp³-hybridized carbons (Fsp3) is 0.520. The second-order valence-electron chi connectivity index (χ2n) is 8.88. The number of aryl methyl sites for hydroxylation is 2. The number of aliphatic hydroxyl groups excluding tert-OH is 1. The summed E-state index contributed by atoms with van der Waals surface area (Å²) in [7, 11) is 0. The summed E-state index contributed by atoms with van der Waals surface area (Å²) >= 11 is 0. The molecule has 0 heterocycles. The van der Waals surface area contributed by atoms with Gasteiger partial charge in [0.2, 0.25) is 0 Å². The molecule has 0 amide bonds. The Labute approximate surface area is 193 Å². The van der Waals surface area contributed by atoms with Crippen LogP contribution in [0.4, 0.5) is 13.2 Å². The van der Waals surface area contributed by atoms with Crippen LogP contribution in [0.5, 0.6) is 5.75 Å². The van der Waals surface area contributed by atoms with Crippen LogP contribution in [0.3, 0.4) is 0 Å². The largest absolute Gasteiger partial charge is 0.493 e. The molecule has 0 fully saturated rings. The Morgan fingerprint density at radius 1 is 0.939 bits per heavy atom. The van der Waals surface area contributed by atoms with Crippen molar-refractivity contribution in [2.75, 3.05) is 19.8 Å². The van der Waals surface area contributed by atoms with Crippen molar-refractivity contribution < 1.29 is 32.9 Å². The van der Waals surface area contributed by atoms with E-state index in [1.165, 1.54) is 25.5 Å². The van der Waals surface area contributed by atoms with Gasteiger partial charge in [-0.2, -0.15) is 13.2 Å². The Hall–Kier alpha value is -2.13. The molecule has 4 N–H and O–H groups in total. The van der Waals surface area contributed by atoms with Gasteiger partial charge >= 0.3 is 6.18 Å². The Balaban J connectivity index is 1.96. The van der Waals surface area contributed by atoms with E-state index < -0.39 is 29.7 Å². The van der Waals surface area contributed by atoms with E-state index in [1.807, 2.05) is 30.3 Å². The van der Waals surface area contributed by atoms with E-state index in [1.54, 1.807) is 6.07 Å². The van der Waals surface area contributed by atoms with Gasteiger partial charge in [-0.1, -0.05) is 36.4 Å². The zero-order valence-electron chi connectivity index (χ0n) is 19.2. The summed E-state index contributed by atoms with van der Waals surface area (Å²) in [5, 5.41) is 19.3. The minimum absolute atomic E-state index is 0.136. The smallest absolute Gasteiger partial charge is 0.419 e. The Bertz CT molecular complexity index is 853. The number of halogens is 3. The predicted octanol–water partition coefficient (Wildman–Crippen LogP) is 4.47. The van der Waals surface area contributed by atoms with Crippen molar-refractivity contribution in [3.63, 3.8) is 0 Å². The van der Waals surface area contributed by atoms with Crippen LogP contribution in [0.1, 0.15) is 49.8 Å². The third-order valence-electron chi connectivity index (χ3n) is 5.25. The summed E-state index contributed by atoms with van der Waals surface area (Å²) in [6, 6.07) is 13.9. The van der Waals surface area contributed by atoms with Crippen molar-refractivity contribution in [2.45, 2.75) is 63.5 Å². The summed E-state index contributed by atoms with van der Waals surface area (Å²) in [6.07, 6.45) is -1.88. The Morgan fingerprint density at radius 2 is 1.64 bits per heavy atom. The molecule has 33 heavy (non-hydrogen) atoms. The van der Waals surface area contributed by atoms with Crippen LogP contribution in [0.15, 0.2) is 48.5 Å². The number of hydrogen-bond acceptors (Lipinski definition) is 5. The highest BCUT2D eigenvalue weighted by atomic mass is 19.4. The molecule has 0 saturated carbocycles. The number of benzene rings is 2. The first-order valence-corrected chi connectivity index (χ1v) is 11.0. The van der Waals surface area contributed by atoms with Crippen LogP contribution < -0.4 is 10.5 Å². The molecule has 5 nitrogen and oxygen atoms in total. The molecule has 184 valence electrons. The van der Waals surface area contributed by atoms with Crippen molar-refractivity contribution in [3.05, 3.63) is 65.2 Å². The molecule has 0 aliphatic carbocycles. The molecule has 2 aromatic carbocycles. The van der Waals surface area contributed by atoms with Gasteiger partial charge in [0.05, 0.1) is 30.9 Å². The van der Waals surface area contributed by atoms with Gasteiger partial charge in [0, 0.05) is 0 Å². The molecule has 1 atom stereocenters. The zero-order valence-corrected chi connectivity index (χ0v) is 19.2. The molecule has 0 spiro atoms. The lowest BCUT2D eigenvalue weighted by Gasteiger charge is -2.30. The average molecular weight is 470 g/mol. The summed E-state index contributed by atoms with van der Waals surface area (Å²) in [5.74, 6) is -1.62. The van der Waals surface area contributed by atoms with Crippen molar-refractivity contribution in [1.29, 1.82) is 0 Å². The van der Waals surface area contributed by atoms with Gasteiger partial charge in [-0.15, -0.1) is 0 Å². The SMILES string of the molecule is CC(C)(O)OCC(N)(CO)CCc1ccc(OCCCCc2ccccc2)c(C(F)(F)F)c1. The molecule has 2 aromatic rings. The Kier molecular flexibility index (Phi) is 9.72. The van der Waals surface area contributed by atoms with Gasteiger partial charge in [-0.25, -0.2) is 0 Å². The topological polar surface area (TPSA) is 84.9 Å². The van der Waals surface area contributed by atoms with Crippen LogP contribution in [0.25, 0.3) is 0 Å². The highest BCUT2D eigenvalue weighted by Gasteiger charge is 2.35. The van der Waals surface area contributed by atoms with Gasteiger partial charge in [-0.05, 0) is 69.2 Å². The summed E-state index contributed by atoms with van der Waals surface area (Å²) < 4.78 is 51.6. The second-order valence-corrected chi connectivity index (χ2v) is 8.88. The van der Waals surface area contributed by atoms with Gasteiger partial charge in [0.25, 0.3) is 0 Å². The monoisotopic (exact) mass is 469 g/mol.